The molecule has 0 bridgehead atoms. The second-order valence-corrected chi connectivity index (χ2v) is 8.46. The van der Waals surface area contributed by atoms with E-state index in [0.717, 1.165) is 67.9 Å². The van der Waals surface area contributed by atoms with Gasteiger partial charge in [-0.25, -0.2) is 9.78 Å². The van der Waals surface area contributed by atoms with Crippen LogP contribution < -0.4 is 10.4 Å². The van der Waals surface area contributed by atoms with Crippen LogP contribution in [0, 0.1) is 0 Å². The fourth-order valence-electron chi connectivity index (χ4n) is 3.92. The molecule has 0 amide bonds. The van der Waals surface area contributed by atoms with Crippen LogP contribution in [-0.4, -0.2) is 24.2 Å². The van der Waals surface area contributed by atoms with Crippen molar-refractivity contribution in [2.45, 2.75) is 71.6 Å². The summed E-state index contributed by atoms with van der Waals surface area (Å²) >= 11 is 0. The molecule has 2 heterocycles. The zero-order valence-electron chi connectivity index (χ0n) is 20.3. The summed E-state index contributed by atoms with van der Waals surface area (Å²) in [5.41, 5.74) is 2.55. The van der Waals surface area contributed by atoms with Crippen LogP contribution in [0.4, 0.5) is 0 Å². The molecule has 1 aromatic carbocycles. The molecule has 0 fully saturated rings. The molecule has 34 heavy (non-hydrogen) atoms. The first-order valence-corrected chi connectivity index (χ1v) is 12.4. The van der Waals surface area contributed by atoms with E-state index in [0.29, 0.717) is 36.7 Å². The summed E-state index contributed by atoms with van der Waals surface area (Å²) in [4.78, 5) is 28.0. The Bertz CT molecular complexity index is 1120. The lowest BCUT2D eigenvalue weighted by atomic mass is 9.97. The van der Waals surface area contributed by atoms with Gasteiger partial charge in [-0.2, -0.15) is 0 Å². The Labute approximate surface area is 201 Å². The van der Waals surface area contributed by atoms with E-state index in [1.54, 1.807) is 13.1 Å². The monoisotopic (exact) mass is 465 g/mol. The number of rotatable bonds is 14. The van der Waals surface area contributed by atoms with Crippen molar-refractivity contribution in [3.05, 3.63) is 58.6 Å². The number of fused-ring (bicyclic) bond motifs is 1. The number of aromatic nitrogens is 1. The van der Waals surface area contributed by atoms with Gasteiger partial charge in [0, 0.05) is 11.8 Å². The maximum absolute atomic E-state index is 12.6. The van der Waals surface area contributed by atoms with Crippen LogP contribution in [-0.2, 0) is 16.0 Å². The molecule has 6 heteroatoms. The van der Waals surface area contributed by atoms with Gasteiger partial charge in [-0.05, 0) is 42.5 Å². The summed E-state index contributed by atoms with van der Waals surface area (Å²) < 4.78 is 16.5. The molecule has 2 aromatic heterocycles. The van der Waals surface area contributed by atoms with Crippen molar-refractivity contribution in [2.75, 3.05) is 13.2 Å². The highest BCUT2D eigenvalue weighted by Gasteiger charge is 2.12. The minimum absolute atomic E-state index is 0.125. The summed E-state index contributed by atoms with van der Waals surface area (Å²) in [5.74, 6) is 0.548. The smallest absolute Gasteiger partial charge is 0.345 e. The minimum Gasteiger partial charge on any atom is -0.492 e. The van der Waals surface area contributed by atoms with Gasteiger partial charge in [0.05, 0.1) is 25.0 Å². The van der Waals surface area contributed by atoms with Crippen molar-refractivity contribution in [3.8, 4) is 16.9 Å². The number of pyridine rings is 1. The Kier molecular flexibility index (Phi) is 10.1. The highest BCUT2D eigenvalue weighted by molar-refractivity contribution is 5.80. The molecule has 3 aromatic rings. The van der Waals surface area contributed by atoms with Crippen molar-refractivity contribution in [3.63, 3.8) is 0 Å². The lowest BCUT2D eigenvalue weighted by Crippen LogP contribution is -2.05. The first-order valence-electron chi connectivity index (χ1n) is 12.4. The topological polar surface area (TPSA) is 78.6 Å². The maximum Gasteiger partial charge on any atom is 0.345 e. The second kappa shape index (κ2) is 13.5. The quantitative estimate of drug-likeness (QED) is 0.200. The van der Waals surface area contributed by atoms with E-state index in [-0.39, 0.29) is 11.6 Å². The van der Waals surface area contributed by atoms with Crippen LogP contribution in [0.2, 0.25) is 0 Å². The number of unbranched alkanes of at least 4 members (excludes halogenated alkanes) is 5. The molecule has 0 saturated heterocycles. The SMILES string of the molecule is CCCc1ccccc1-c1cc2cc(OCCCCCCCCOC(=O)CC)cnc2oc1=O. The van der Waals surface area contributed by atoms with Crippen LogP contribution in [0.1, 0.15) is 70.8 Å². The van der Waals surface area contributed by atoms with Crippen molar-refractivity contribution < 1.29 is 18.7 Å². The average Bonchev–Trinajstić information content (AvgIpc) is 2.85. The van der Waals surface area contributed by atoms with Crippen molar-refractivity contribution in [2.24, 2.45) is 0 Å². The molecule has 182 valence electrons. The second-order valence-electron chi connectivity index (χ2n) is 8.46. The third kappa shape index (κ3) is 7.44. The van der Waals surface area contributed by atoms with Crippen LogP contribution in [0.3, 0.4) is 0 Å². The highest BCUT2D eigenvalue weighted by Crippen LogP contribution is 2.26. The minimum atomic E-state index is -0.374. The molecule has 0 aliphatic rings. The Morgan fingerprint density at radius 2 is 1.68 bits per heavy atom. The van der Waals surface area contributed by atoms with Gasteiger partial charge < -0.3 is 13.9 Å². The first-order chi connectivity index (χ1) is 16.6. The van der Waals surface area contributed by atoms with Crippen LogP contribution >= 0.6 is 0 Å². The third-order valence-corrected chi connectivity index (χ3v) is 5.75. The number of carbonyl (C=O) groups excluding carboxylic acids is 1. The molecule has 0 spiro atoms. The Morgan fingerprint density at radius 1 is 0.941 bits per heavy atom. The molecule has 0 aliphatic carbocycles. The summed E-state index contributed by atoms with van der Waals surface area (Å²) in [6.07, 6.45) is 10.3. The Balaban J connectivity index is 1.50. The number of aryl methyl sites for hydroxylation is 1. The number of hydrogen-bond donors (Lipinski definition) is 0. The summed E-state index contributed by atoms with van der Waals surface area (Å²) in [6, 6.07) is 11.7. The fourth-order valence-corrected chi connectivity index (χ4v) is 3.92. The highest BCUT2D eigenvalue weighted by atomic mass is 16.5. The van der Waals surface area contributed by atoms with E-state index in [1.165, 1.54) is 0 Å². The lowest BCUT2D eigenvalue weighted by Gasteiger charge is -2.09. The molecule has 0 radical (unpaired) electrons. The number of carbonyl (C=O) groups is 1. The first kappa shape index (κ1) is 25.5. The maximum atomic E-state index is 12.6. The predicted octanol–water partition coefficient (Wildman–Crippen LogP) is 6.48. The van der Waals surface area contributed by atoms with Gasteiger partial charge in [0.2, 0.25) is 5.71 Å². The van der Waals surface area contributed by atoms with E-state index in [2.05, 4.69) is 18.0 Å². The number of benzene rings is 1. The van der Waals surface area contributed by atoms with Crippen molar-refractivity contribution >= 4 is 17.1 Å². The molecule has 0 saturated carbocycles. The summed E-state index contributed by atoms with van der Waals surface area (Å²) in [5, 5.41) is 0.752. The van der Waals surface area contributed by atoms with Crippen LogP contribution in [0.25, 0.3) is 22.2 Å². The van der Waals surface area contributed by atoms with Gasteiger partial charge in [-0.1, -0.05) is 70.2 Å². The van der Waals surface area contributed by atoms with E-state index >= 15 is 0 Å². The molecule has 6 nitrogen and oxygen atoms in total. The molecular formula is C28H35NO5. The van der Waals surface area contributed by atoms with E-state index in [9.17, 15) is 9.59 Å². The normalized spacial score (nSPS) is 11.0. The number of ether oxygens (including phenoxy) is 2. The standard InChI is InChI=1S/C28H35NO5/c1-3-13-21-14-9-10-15-24(21)25-19-22-18-23(20-29-27(22)34-28(25)31)32-16-11-7-5-6-8-12-17-33-26(30)4-2/h9-10,14-15,18-20H,3-8,11-13,16-17H2,1-2H3. The Hall–Kier alpha value is -3.15. The van der Waals surface area contributed by atoms with Crippen molar-refractivity contribution in [1.82, 2.24) is 4.98 Å². The van der Waals surface area contributed by atoms with Gasteiger partial charge in [0.1, 0.15) is 5.75 Å². The van der Waals surface area contributed by atoms with Crippen LogP contribution in [0.5, 0.6) is 5.75 Å². The molecular weight excluding hydrogens is 430 g/mol. The van der Waals surface area contributed by atoms with Gasteiger partial charge >= 0.3 is 11.6 Å². The largest absolute Gasteiger partial charge is 0.492 e. The van der Waals surface area contributed by atoms with Crippen LogP contribution in [0.15, 0.2) is 51.8 Å². The number of nitrogens with zero attached hydrogens (tertiary/aromatic N) is 1. The molecule has 0 aliphatic heterocycles. The van der Waals surface area contributed by atoms with Gasteiger partial charge in [0.25, 0.3) is 0 Å². The zero-order chi connectivity index (χ0) is 24.2. The molecule has 0 atom stereocenters. The van der Waals surface area contributed by atoms with E-state index < -0.39 is 0 Å². The van der Waals surface area contributed by atoms with Gasteiger partial charge in [-0.3, -0.25) is 4.79 Å². The Morgan fingerprint density at radius 3 is 2.44 bits per heavy atom. The van der Waals surface area contributed by atoms with E-state index in [4.69, 9.17) is 13.9 Å². The number of esters is 1. The fraction of sp³-hybridized carbons (Fsp3) is 0.464. The third-order valence-electron chi connectivity index (χ3n) is 5.75. The zero-order valence-corrected chi connectivity index (χ0v) is 20.3. The molecule has 0 unspecified atom stereocenters. The van der Waals surface area contributed by atoms with Gasteiger partial charge in [0.15, 0.2) is 0 Å². The van der Waals surface area contributed by atoms with Gasteiger partial charge in [-0.15, -0.1) is 0 Å². The molecule has 3 rings (SSSR count). The summed E-state index contributed by atoms with van der Waals surface area (Å²) in [6.45, 7) is 5.07. The number of hydrogen-bond acceptors (Lipinski definition) is 6. The summed E-state index contributed by atoms with van der Waals surface area (Å²) in [7, 11) is 0. The lowest BCUT2D eigenvalue weighted by molar-refractivity contribution is -0.143. The average molecular weight is 466 g/mol. The molecule has 0 N–H and O–H groups in total. The van der Waals surface area contributed by atoms with E-state index in [1.807, 2.05) is 30.3 Å². The van der Waals surface area contributed by atoms with Crippen molar-refractivity contribution in [1.29, 1.82) is 0 Å². The predicted molar refractivity (Wildman–Crippen MR) is 134 cm³/mol.